The van der Waals surface area contributed by atoms with Gasteiger partial charge in [0.1, 0.15) is 0 Å². The highest BCUT2D eigenvalue weighted by atomic mass is 14.9. The van der Waals surface area contributed by atoms with Crippen LogP contribution in [0.4, 0.5) is 0 Å². The molecule has 0 amide bonds. The number of hydrogen-bond donors (Lipinski definition) is 1. The lowest BCUT2D eigenvalue weighted by atomic mass is 9.81. The summed E-state index contributed by atoms with van der Waals surface area (Å²) in [5.74, 6) is 5.29. The van der Waals surface area contributed by atoms with Crippen LogP contribution in [-0.4, -0.2) is 13.1 Å². The van der Waals surface area contributed by atoms with Gasteiger partial charge in [0.25, 0.3) is 0 Å². The van der Waals surface area contributed by atoms with Crippen LogP contribution in [0, 0.1) is 29.6 Å². The van der Waals surface area contributed by atoms with Gasteiger partial charge in [-0.05, 0) is 74.8 Å². The summed E-state index contributed by atoms with van der Waals surface area (Å²) >= 11 is 0. The van der Waals surface area contributed by atoms with E-state index in [9.17, 15) is 0 Å². The predicted octanol–water partition coefficient (Wildman–Crippen LogP) is 4.23. The van der Waals surface area contributed by atoms with Crippen LogP contribution in [0.3, 0.4) is 0 Å². The zero-order valence-electron chi connectivity index (χ0n) is 12.2. The molecule has 1 nitrogen and oxygen atoms in total. The summed E-state index contributed by atoms with van der Waals surface area (Å²) < 4.78 is 0. The third kappa shape index (κ3) is 2.92. The van der Waals surface area contributed by atoms with E-state index in [1.807, 2.05) is 0 Å². The third-order valence-electron chi connectivity index (χ3n) is 6.27. The van der Waals surface area contributed by atoms with E-state index in [-0.39, 0.29) is 0 Å². The maximum atomic E-state index is 3.81. The molecule has 0 radical (unpaired) electrons. The molecule has 3 rings (SSSR count). The maximum Gasteiger partial charge on any atom is -0.00176 e. The highest BCUT2D eigenvalue weighted by Gasteiger charge is 2.38. The highest BCUT2D eigenvalue weighted by molar-refractivity contribution is 4.90. The third-order valence-corrected chi connectivity index (χ3v) is 6.27. The molecule has 3 aliphatic carbocycles. The highest BCUT2D eigenvalue weighted by Crippen LogP contribution is 2.47. The molecule has 3 aliphatic rings. The lowest BCUT2D eigenvalue weighted by molar-refractivity contribution is 0.251. The summed E-state index contributed by atoms with van der Waals surface area (Å²) in [5.41, 5.74) is 0. The Balaban J connectivity index is 1.31. The average molecular weight is 249 g/mol. The zero-order chi connectivity index (χ0) is 12.4. The van der Waals surface area contributed by atoms with Gasteiger partial charge in [-0.15, -0.1) is 0 Å². The van der Waals surface area contributed by atoms with Crippen molar-refractivity contribution < 1.29 is 0 Å². The summed E-state index contributed by atoms with van der Waals surface area (Å²) in [7, 11) is 0. The van der Waals surface area contributed by atoms with Crippen LogP contribution in [0.5, 0.6) is 0 Å². The van der Waals surface area contributed by atoms with Crippen molar-refractivity contribution in [3.05, 3.63) is 0 Å². The van der Waals surface area contributed by atoms with Crippen molar-refractivity contribution >= 4 is 0 Å². The summed E-state index contributed by atoms with van der Waals surface area (Å²) in [6, 6.07) is 0. The molecule has 0 aromatic carbocycles. The van der Waals surface area contributed by atoms with E-state index < -0.39 is 0 Å². The Morgan fingerprint density at radius 1 is 0.833 bits per heavy atom. The molecule has 18 heavy (non-hydrogen) atoms. The lowest BCUT2D eigenvalue weighted by Gasteiger charge is -2.29. The Morgan fingerprint density at radius 3 is 2.22 bits per heavy atom. The molecule has 0 aromatic rings. The molecular weight excluding hydrogens is 218 g/mol. The molecular formula is C17H31N. The molecule has 0 heterocycles. The molecule has 104 valence electrons. The molecule has 0 aliphatic heterocycles. The van der Waals surface area contributed by atoms with Crippen molar-refractivity contribution in [3.8, 4) is 0 Å². The minimum absolute atomic E-state index is 0.992. The molecule has 0 aromatic heterocycles. The monoisotopic (exact) mass is 249 g/mol. The van der Waals surface area contributed by atoms with Crippen LogP contribution in [0.2, 0.25) is 0 Å². The van der Waals surface area contributed by atoms with Gasteiger partial charge in [-0.3, -0.25) is 0 Å². The van der Waals surface area contributed by atoms with Crippen molar-refractivity contribution in [2.45, 2.75) is 64.7 Å². The van der Waals surface area contributed by atoms with Gasteiger partial charge >= 0.3 is 0 Å². The minimum Gasteiger partial charge on any atom is -0.316 e. The second-order valence-corrected chi connectivity index (χ2v) is 7.39. The first-order valence-electron chi connectivity index (χ1n) is 8.55. The maximum absolute atomic E-state index is 3.81. The fourth-order valence-electron chi connectivity index (χ4n) is 4.94. The largest absolute Gasteiger partial charge is 0.316 e. The van der Waals surface area contributed by atoms with Gasteiger partial charge in [-0.1, -0.05) is 32.6 Å². The molecule has 3 saturated carbocycles. The molecule has 0 spiro atoms. The van der Waals surface area contributed by atoms with Crippen LogP contribution >= 0.6 is 0 Å². The fourth-order valence-corrected chi connectivity index (χ4v) is 4.94. The standard InChI is InChI=1S/C17H31N/c1-2-13-3-5-14(6-4-13)11-18-12-17-10-15-7-8-16(17)9-15/h13-18H,2-12H2,1H3. The Morgan fingerprint density at radius 2 is 1.61 bits per heavy atom. The van der Waals surface area contributed by atoms with E-state index in [0.717, 1.165) is 29.6 Å². The van der Waals surface area contributed by atoms with Gasteiger partial charge in [0.15, 0.2) is 0 Å². The quantitative estimate of drug-likeness (QED) is 0.769. The average Bonchev–Trinajstić information content (AvgIpc) is 3.02. The van der Waals surface area contributed by atoms with Gasteiger partial charge < -0.3 is 5.32 Å². The Kier molecular flexibility index (Phi) is 4.28. The van der Waals surface area contributed by atoms with E-state index in [1.165, 1.54) is 45.2 Å². The molecule has 3 unspecified atom stereocenters. The predicted molar refractivity (Wildman–Crippen MR) is 77.5 cm³/mol. The number of fused-ring (bicyclic) bond motifs is 2. The lowest BCUT2D eigenvalue weighted by Crippen LogP contribution is -2.32. The number of nitrogens with one attached hydrogen (secondary N) is 1. The van der Waals surface area contributed by atoms with Crippen LogP contribution in [0.25, 0.3) is 0 Å². The van der Waals surface area contributed by atoms with Gasteiger partial charge in [0, 0.05) is 0 Å². The molecule has 3 atom stereocenters. The normalized spacial score (nSPS) is 43.5. The van der Waals surface area contributed by atoms with Crippen molar-refractivity contribution in [3.63, 3.8) is 0 Å². The Labute approximate surface area is 113 Å². The second kappa shape index (κ2) is 5.94. The zero-order valence-corrected chi connectivity index (χ0v) is 12.2. The van der Waals surface area contributed by atoms with Crippen LogP contribution < -0.4 is 5.32 Å². The summed E-state index contributed by atoms with van der Waals surface area (Å²) in [6.07, 6.45) is 13.6. The van der Waals surface area contributed by atoms with E-state index in [0.29, 0.717) is 0 Å². The second-order valence-electron chi connectivity index (χ2n) is 7.39. The molecule has 3 fully saturated rings. The van der Waals surface area contributed by atoms with Crippen LogP contribution in [0.1, 0.15) is 64.7 Å². The first-order valence-corrected chi connectivity index (χ1v) is 8.55. The van der Waals surface area contributed by atoms with E-state index >= 15 is 0 Å². The van der Waals surface area contributed by atoms with E-state index in [1.54, 1.807) is 25.7 Å². The van der Waals surface area contributed by atoms with Crippen molar-refractivity contribution in [2.24, 2.45) is 29.6 Å². The molecule has 1 N–H and O–H groups in total. The summed E-state index contributed by atoms with van der Waals surface area (Å²) in [5, 5.41) is 3.81. The first kappa shape index (κ1) is 13.0. The first-order chi connectivity index (χ1) is 8.85. The van der Waals surface area contributed by atoms with E-state index in [4.69, 9.17) is 0 Å². The Bertz CT molecular complexity index is 254. The molecule has 1 heteroatoms. The van der Waals surface area contributed by atoms with E-state index in [2.05, 4.69) is 12.2 Å². The Hall–Kier alpha value is -0.0400. The minimum atomic E-state index is 0.992. The molecule has 0 saturated heterocycles. The van der Waals surface area contributed by atoms with Crippen molar-refractivity contribution in [1.29, 1.82) is 0 Å². The van der Waals surface area contributed by atoms with Gasteiger partial charge in [-0.2, -0.15) is 0 Å². The fraction of sp³-hybridized carbons (Fsp3) is 1.00. The van der Waals surface area contributed by atoms with Crippen LogP contribution in [-0.2, 0) is 0 Å². The van der Waals surface area contributed by atoms with Crippen molar-refractivity contribution in [1.82, 2.24) is 5.32 Å². The summed E-state index contributed by atoms with van der Waals surface area (Å²) in [6.45, 7) is 5.00. The molecule has 2 bridgehead atoms. The van der Waals surface area contributed by atoms with Gasteiger partial charge in [-0.25, -0.2) is 0 Å². The van der Waals surface area contributed by atoms with Gasteiger partial charge in [0.2, 0.25) is 0 Å². The number of rotatable bonds is 5. The topological polar surface area (TPSA) is 12.0 Å². The van der Waals surface area contributed by atoms with Crippen LogP contribution in [0.15, 0.2) is 0 Å². The summed E-state index contributed by atoms with van der Waals surface area (Å²) in [4.78, 5) is 0. The van der Waals surface area contributed by atoms with Gasteiger partial charge in [0.05, 0.1) is 0 Å². The smallest absolute Gasteiger partial charge is 0.00176 e. The van der Waals surface area contributed by atoms with Crippen molar-refractivity contribution in [2.75, 3.05) is 13.1 Å². The number of hydrogen-bond acceptors (Lipinski definition) is 1. The SMILES string of the molecule is CCC1CCC(CNCC2CC3CCC2C3)CC1.